The van der Waals surface area contributed by atoms with E-state index in [-0.39, 0.29) is 5.91 Å². The van der Waals surface area contributed by atoms with Gasteiger partial charge in [0.15, 0.2) is 5.65 Å². The van der Waals surface area contributed by atoms with Crippen molar-refractivity contribution in [2.45, 2.75) is 77.8 Å². The third-order valence-electron chi connectivity index (χ3n) is 6.82. The zero-order valence-electron chi connectivity index (χ0n) is 20.5. The Labute approximate surface area is 201 Å². The van der Waals surface area contributed by atoms with Crippen LogP contribution in [0.5, 0.6) is 0 Å². The van der Waals surface area contributed by atoms with Crippen molar-refractivity contribution in [2.24, 2.45) is 5.92 Å². The average Bonchev–Trinajstić information content (AvgIpc) is 3.53. The SMILES string of the molecule is Cc1cc(-c2cnn3c(NCC(C)C)cc(NC4CCCCC4)nc23)ccc1C(=O)NC1CC1. The summed E-state index contributed by atoms with van der Waals surface area (Å²) in [4.78, 5) is 17.6. The number of nitrogens with one attached hydrogen (secondary N) is 3. The van der Waals surface area contributed by atoms with Crippen LogP contribution in [0.15, 0.2) is 30.5 Å². The largest absolute Gasteiger partial charge is 0.370 e. The van der Waals surface area contributed by atoms with Crippen LogP contribution < -0.4 is 16.0 Å². The van der Waals surface area contributed by atoms with Crippen LogP contribution >= 0.6 is 0 Å². The van der Waals surface area contributed by atoms with Crippen molar-refractivity contribution in [1.82, 2.24) is 19.9 Å². The molecule has 2 fully saturated rings. The lowest BCUT2D eigenvalue weighted by Crippen LogP contribution is -2.26. The Morgan fingerprint density at radius 2 is 1.88 bits per heavy atom. The summed E-state index contributed by atoms with van der Waals surface area (Å²) in [5.74, 6) is 2.37. The number of anilines is 2. The molecule has 7 heteroatoms. The lowest BCUT2D eigenvalue weighted by Gasteiger charge is -2.24. The van der Waals surface area contributed by atoms with Gasteiger partial charge in [0.2, 0.25) is 0 Å². The van der Waals surface area contributed by atoms with Gasteiger partial charge in [-0.3, -0.25) is 4.79 Å². The third kappa shape index (κ3) is 5.03. The number of aryl methyl sites for hydroxylation is 1. The molecule has 3 aromatic rings. The van der Waals surface area contributed by atoms with E-state index in [9.17, 15) is 4.79 Å². The van der Waals surface area contributed by atoms with Gasteiger partial charge >= 0.3 is 0 Å². The molecule has 0 spiro atoms. The molecular formula is C27H36N6O. The normalized spacial score (nSPS) is 16.7. The highest BCUT2D eigenvalue weighted by atomic mass is 16.1. The van der Waals surface area contributed by atoms with Gasteiger partial charge < -0.3 is 16.0 Å². The highest BCUT2D eigenvalue weighted by molar-refractivity contribution is 5.97. The monoisotopic (exact) mass is 460 g/mol. The Morgan fingerprint density at radius 3 is 2.59 bits per heavy atom. The van der Waals surface area contributed by atoms with Crippen LogP contribution in [0, 0.1) is 12.8 Å². The number of amides is 1. The van der Waals surface area contributed by atoms with Gasteiger partial charge in [-0.1, -0.05) is 45.2 Å². The van der Waals surface area contributed by atoms with Crippen LogP contribution in [-0.2, 0) is 0 Å². The molecule has 2 aliphatic carbocycles. The molecule has 0 saturated heterocycles. The Morgan fingerprint density at radius 1 is 1.09 bits per heavy atom. The molecule has 5 rings (SSSR count). The van der Waals surface area contributed by atoms with Gasteiger partial charge in [0.05, 0.1) is 6.20 Å². The highest BCUT2D eigenvalue weighted by Gasteiger charge is 2.24. The summed E-state index contributed by atoms with van der Waals surface area (Å²) in [6, 6.07) is 8.91. The maximum Gasteiger partial charge on any atom is 0.251 e. The lowest BCUT2D eigenvalue weighted by molar-refractivity contribution is 0.0950. The predicted molar refractivity (Wildman–Crippen MR) is 137 cm³/mol. The number of nitrogens with zero attached hydrogens (tertiary/aromatic N) is 3. The molecule has 0 bridgehead atoms. The lowest BCUT2D eigenvalue weighted by atomic mass is 9.95. The fourth-order valence-corrected chi connectivity index (χ4v) is 4.71. The molecule has 180 valence electrons. The van der Waals surface area contributed by atoms with Gasteiger partial charge in [0, 0.05) is 35.8 Å². The first-order chi connectivity index (χ1) is 16.5. The topological polar surface area (TPSA) is 83.3 Å². The van der Waals surface area contributed by atoms with Gasteiger partial charge in [0.25, 0.3) is 5.91 Å². The summed E-state index contributed by atoms with van der Waals surface area (Å²) in [5, 5.41) is 15.0. The van der Waals surface area contributed by atoms with Crippen LogP contribution in [0.25, 0.3) is 16.8 Å². The number of hydrogen-bond acceptors (Lipinski definition) is 5. The average molecular weight is 461 g/mol. The van der Waals surface area contributed by atoms with E-state index in [0.29, 0.717) is 18.0 Å². The van der Waals surface area contributed by atoms with E-state index in [2.05, 4.69) is 47.0 Å². The second-order valence-electron chi connectivity index (χ2n) is 10.4. The smallest absolute Gasteiger partial charge is 0.251 e. The maximum atomic E-state index is 12.6. The van der Waals surface area contributed by atoms with Crippen LogP contribution in [-0.4, -0.2) is 39.1 Å². The molecule has 0 aliphatic heterocycles. The fraction of sp³-hybridized carbons (Fsp3) is 0.519. The fourth-order valence-electron chi connectivity index (χ4n) is 4.71. The standard InChI is InChI=1S/C27H36N6O/c1-17(2)15-28-25-14-24(30-20-7-5-4-6-8-20)32-26-23(16-29-33(25)26)19-9-12-22(18(3)13-19)27(34)31-21-10-11-21/h9,12-14,16-17,20-21,28H,4-8,10-11,15H2,1-3H3,(H,30,32)(H,31,34). The maximum absolute atomic E-state index is 12.6. The Kier molecular flexibility index (Phi) is 6.44. The molecular weight excluding hydrogens is 424 g/mol. The molecule has 2 saturated carbocycles. The van der Waals surface area contributed by atoms with E-state index in [1.807, 2.05) is 29.8 Å². The number of fused-ring (bicyclic) bond motifs is 1. The quantitative estimate of drug-likeness (QED) is 0.419. The molecule has 1 amide bonds. The summed E-state index contributed by atoms with van der Waals surface area (Å²) in [6.07, 6.45) is 10.3. The van der Waals surface area contributed by atoms with E-state index < -0.39 is 0 Å². The number of rotatable bonds is 8. The van der Waals surface area contributed by atoms with Gasteiger partial charge in [-0.15, -0.1) is 0 Å². The van der Waals surface area contributed by atoms with Crippen molar-refractivity contribution in [2.75, 3.05) is 17.2 Å². The zero-order chi connectivity index (χ0) is 23.7. The van der Waals surface area contributed by atoms with E-state index in [4.69, 9.17) is 4.98 Å². The van der Waals surface area contributed by atoms with Gasteiger partial charge in [-0.25, -0.2) is 4.98 Å². The predicted octanol–water partition coefficient (Wildman–Crippen LogP) is 5.41. The highest BCUT2D eigenvalue weighted by Crippen LogP contribution is 2.30. The summed E-state index contributed by atoms with van der Waals surface area (Å²) in [5.41, 5.74) is 4.51. The van der Waals surface area contributed by atoms with Crippen LogP contribution in [0.3, 0.4) is 0 Å². The molecule has 2 aliphatic rings. The van der Waals surface area contributed by atoms with Crippen molar-refractivity contribution in [3.63, 3.8) is 0 Å². The summed E-state index contributed by atoms with van der Waals surface area (Å²) >= 11 is 0. The van der Waals surface area contributed by atoms with E-state index >= 15 is 0 Å². The zero-order valence-corrected chi connectivity index (χ0v) is 20.5. The molecule has 0 unspecified atom stereocenters. The van der Waals surface area contributed by atoms with Crippen LogP contribution in [0.4, 0.5) is 11.6 Å². The third-order valence-corrected chi connectivity index (χ3v) is 6.82. The second kappa shape index (κ2) is 9.65. The Hall–Kier alpha value is -3.09. The Balaban J connectivity index is 1.49. The first kappa shape index (κ1) is 22.7. The number of carbonyl (C=O) groups excluding carboxylic acids is 1. The summed E-state index contributed by atoms with van der Waals surface area (Å²) in [6.45, 7) is 7.26. The van der Waals surface area contributed by atoms with E-state index in [1.54, 1.807) is 0 Å². The minimum absolute atomic E-state index is 0.0173. The van der Waals surface area contributed by atoms with E-state index in [1.165, 1.54) is 32.1 Å². The van der Waals surface area contributed by atoms with Crippen molar-refractivity contribution in [1.29, 1.82) is 0 Å². The second-order valence-corrected chi connectivity index (χ2v) is 10.4. The molecule has 3 N–H and O–H groups in total. The number of carbonyl (C=O) groups is 1. The van der Waals surface area contributed by atoms with Crippen molar-refractivity contribution >= 4 is 23.2 Å². The van der Waals surface area contributed by atoms with Crippen molar-refractivity contribution < 1.29 is 4.79 Å². The van der Waals surface area contributed by atoms with E-state index in [0.717, 1.165) is 58.9 Å². The number of aromatic nitrogens is 3. The van der Waals surface area contributed by atoms with Crippen LogP contribution in [0.2, 0.25) is 0 Å². The van der Waals surface area contributed by atoms with Crippen LogP contribution in [0.1, 0.15) is 74.7 Å². The molecule has 2 aromatic heterocycles. The molecule has 7 nitrogen and oxygen atoms in total. The number of hydrogen-bond donors (Lipinski definition) is 3. The Bertz CT molecular complexity index is 1170. The summed E-state index contributed by atoms with van der Waals surface area (Å²) < 4.78 is 1.90. The summed E-state index contributed by atoms with van der Waals surface area (Å²) in [7, 11) is 0. The van der Waals surface area contributed by atoms with Gasteiger partial charge in [0.1, 0.15) is 11.6 Å². The molecule has 0 radical (unpaired) electrons. The van der Waals surface area contributed by atoms with Gasteiger partial charge in [-0.05, 0) is 55.7 Å². The number of benzene rings is 1. The first-order valence-electron chi connectivity index (χ1n) is 12.8. The minimum atomic E-state index is 0.0173. The molecule has 0 atom stereocenters. The van der Waals surface area contributed by atoms with Gasteiger partial charge in [-0.2, -0.15) is 9.61 Å². The van der Waals surface area contributed by atoms with Crippen molar-refractivity contribution in [3.05, 3.63) is 41.6 Å². The molecule has 2 heterocycles. The molecule has 1 aromatic carbocycles. The van der Waals surface area contributed by atoms with Crippen molar-refractivity contribution in [3.8, 4) is 11.1 Å². The molecule has 34 heavy (non-hydrogen) atoms. The minimum Gasteiger partial charge on any atom is -0.370 e. The first-order valence-corrected chi connectivity index (χ1v) is 12.8.